The van der Waals surface area contributed by atoms with E-state index in [1.54, 1.807) is 25.3 Å². The first-order valence-corrected chi connectivity index (χ1v) is 8.81. The summed E-state index contributed by atoms with van der Waals surface area (Å²) in [7, 11) is 3.08. The third-order valence-electron chi connectivity index (χ3n) is 4.51. The maximum absolute atomic E-state index is 12.7. The molecule has 4 heteroatoms. The lowest BCUT2D eigenvalue weighted by molar-refractivity contribution is 0.0936. The van der Waals surface area contributed by atoms with Gasteiger partial charge in [-0.1, -0.05) is 60.7 Å². The van der Waals surface area contributed by atoms with Crippen molar-refractivity contribution in [2.24, 2.45) is 0 Å². The number of carbonyl (C=O) groups excluding carboxylic acids is 1. The molecule has 3 aromatic carbocycles. The van der Waals surface area contributed by atoms with Gasteiger partial charge in [0.05, 0.1) is 25.8 Å². The lowest BCUT2D eigenvalue weighted by Crippen LogP contribution is -2.27. The van der Waals surface area contributed by atoms with Crippen LogP contribution in [0.5, 0.6) is 11.5 Å². The fourth-order valence-electron chi connectivity index (χ4n) is 3.02. The highest BCUT2D eigenvalue weighted by molar-refractivity contribution is 5.98. The molecule has 138 valence electrons. The van der Waals surface area contributed by atoms with Gasteiger partial charge in [0.1, 0.15) is 0 Å². The summed E-state index contributed by atoms with van der Waals surface area (Å²) in [6.45, 7) is 1.96. The number of methoxy groups -OCH3 is 2. The van der Waals surface area contributed by atoms with Crippen molar-refractivity contribution in [1.82, 2.24) is 5.32 Å². The second kappa shape index (κ2) is 8.41. The van der Waals surface area contributed by atoms with Crippen molar-refractivity contribution in [2.45, 2.75) is 13.0 Å². The van der Waals surface area contributed by atoms with E-state index in [0.29, 0.717) is 17.1 Å². The lowest BCUT2D eigenvalue weighted by Gasteiger charge is -2.17. The van der Waals surface area contributed by atoms with Crippen LogP contribution in [0.15, 0.2) is 72.8 Å². The molecule has 1 atom stereocenters. The van der Waals surface area contributed by atoms with E-state index >= 15 is 0 Å². The van der Waals surface area contributed by atoms with Gasteiger partial charge in [-0.05, 0) is 35.7 Å². The van der Waals surface area contributed by atoms with Gasteiger partial charge in [0.2, 0.25) is 0 Å². The van der Waals surface area contributed by atoms with Gasteiger partial charge in [-0.2, -0.15) is 0 Å². The van der Waals surface area contributed by atoms with Crippen LogP contribution in [0.3, 0.4) is 0 Å². The molecular weight excluding hydrogens is 338 g/mol. The number of ether oxygens (including phenoxy) is 2. The van der Waals surface area contributed by atoms with Gasteiger partial charge >= 0.3 is 0 Å². The van der Waals surface area contributed by atoms with E-state index in [4.69, 9.17) is 9.47 Å². The Bertz CT molecular complexity index is 905. The molecule has 0 aromatic heterocycles. The van der Waals surface area contributed by atoms with E-state index in [2.05, 4.69) is 29.6 Å². The predicted molar refractivity (Wildman–Crippen MR) is 107 cm³/mol. The van der Waals surface area contributed by atoms with E-state index in [1.807, 2.05) is 37.3 Å². The SMILES string of the molecule is COc1cccc(C(=O)N[C@@H](C)c2ccc(-c3ccccc3)cc2)c1OC. The van der Waals surface area contributed by atoms with Crippen LogP contribution < -0.4 is 14.8 Å². The molecule has 3 aromatic rings. The van der Waals surface area contributed by atoms with E-state index in [-0.39, 0.29) is 11.9 Å². The number of para-hydroxylation sites is 1. The van der Waals surface area contributed by atoms with Gasteiger partial charge in [0.15, 0.2) is 11.5 Å². The Morgan fingerprint density at radius 1 is 0.815 bits per heavy atom. The minimum atomic E-state index is -0.203. The van der Waals surface area contributed by atoms with Gasteiger partial charge in [-0.3, -0.25) is 4.79 Å². The number of hydrogen-bond acceptors (Lipinski definition) is 3. The molecule has 0 aliphatic rings. The normalized spacial score (nSPS) is 11.5. The lowest BCUT2D eigenvalue weighted by atomic mass is 10.0. The second-order valence-electron chi connectivity index (χ2n) is 6.22. The highest BCUT2D eigenvalue weighted by atomic mass is 16.5. The van der Waals surface area contributed by atoms with Crippen molar-refractivity contribution >= 4 is 5.91 Å². The molecule has 0 radical (unpaired) electrons. The fraction of sp³-hybridized carbons (Fsp3) is 0.174. The van der Waals surface area contributed by atoms with Crippen LogP contribution in [0.25, 0.3) is 11.1 Å². The van der Waals surface area contributed by atoms with Crippen molar-refractivity contribution in [3.05, 3.63) is 83.9 Å². The summed E-state index contributed by atoms with van der Waals surface area (Å²) in [4.78, 5) is 12.7. The first-order valence-electron chi connectivity index (χ1n) is 8.81. The number of nitrogens with one attached hydrogen (secondary N) is 1. The summed E-state index contributed by atoms with van der Waals surface area (Å²) in [5.41, 5.74) is 3.80. The zero-order chi connectivity index (χ0) is 19.2. The third kappa shape index (κ3) is 4.11. The summed E-state index contributed by atoms with van der Waals surface area (Å²) in [5, 5.41) is 3.02. The van der Waals surface area contributed by atoms with Gasteiger partial charge in [-0.25, -0.2) is 0 Å². The van der Waals surface area contributed by atoms with E-state index in [1.165, 1.54) is 12.7 Å². The molecule has 1 amide bonds. The molecule has 0 unspecified atom stereocenters. The minimum absolute atomic E-state index is 0.141. The van der Waals surface area contributed by atoms with Gasteiger partial charge in [-0.15, -0.1) is 0 Å². The Balaban J connectivity index is 1.76. The standard InChI is InChI=1S/C23H23NO3/c1-16(17-12-14-19(15-13-17)18-8-5-4-6-9-18)24-23(25)20-10-7-11-21(26-2)22(20)27-3/h4-16H,1-3H3,(H,24,25)/t16-/m0/s1. The predicted octanol–water partition coefficient (Wildman–Crippen LogP) is 4.86. The number of amides is 1. The summed E-state index contributed by atoms with van der Waals surface area (Å²) in [6.07, 6.45) is 0. The number of hydrogen-bond donors (Lipinski definition) is 1. The van der Waals surface area contributed by atoms with Crippen LogP contribution in [-0.2, 0) is 0 Å². The van der Waals surface area contributed by atoms with Crippen LogP contribution in [0.4, 0.5) is 0 Å². The zero-order valence-corrected chi connectivity index (χ0v) is 15.7. The molecule has 0 fully saturated rings. The average Bonchev–Trinajstić information content (AvgIpc) is 2.73. The molecular formula is C23H23NO3. The Morgan fingerprint density at radius 2 is 1.48 bits per heavy atom. The first kappa shape index (κ1) is 18.5. The number of rotatable bonds is 6. The smallest absolute Gasteiger partial charge is 0.255 e. The second-order valence-corrected chi connectivity index (χ2v) is 6.22. The molecule has 1 N–H and O–H groups in total. The fourth-order valence-corrected chi connectivity index (χ4v) is 3.02. The van der Waals surface area contributed by atoms with E-state index in [0.717, 1.165) is 11.1 Å². The van der Waals surface area contributed by atoms with Gasteiger partial charge < -0.3 is 14.8 Å². The summed E-state index contributed by atoms with van der Waals surface area (Å²) in [5.74, 6) is 0.763. The number of carbonyl (C=O) groups is 1. The van der Waals surface area contributed by atoms with Crippen molar-refractivity contribution in [3.8, 4) is 22.6 Å². The quantitative estimate of drug-likeness (QED) is 0.682. The molecule has 0 saturated heterocycles. The minimum Gasteiger partial charge on any atom is -0.493 e. The van der Waals surface area contributed by atoms with E-state index in [9.17, 15) is 4.79 Å². The summed E-state index contributed by atoms with van der Waals surface area (Å²) in [6, 6.07) is 23.5. The Hall–Kier alpha value is -3.27. The Morgan fingerprint density at radius 3 is 2.11 bits per heavy atom. The molecule has 27 heavy (non-hydrogen) atoms. The summed E-state index contributed by atoms with van der Waals surface area (Å²) >= 11 is 0. The van der Waals surface area contributed by atoms with Crippen LogP contribution in [0.2, 0.25) is 0 Å². The van der Waals surface area contributed by atoms with Crippen molar-refractivity contribution in [1.29, 1.82) is 0 Å². The zero-order valence-electron chi connectivity index (χ0n) is 15.7. The van der Waals surface area contributed by atoms with Crippen LogP contribution in [0.1, 0.15) is 28.9 Å². The Labute approximate surface area is 159 Å². The summed E-state index contributed by atoms with van der Waals surface area (Å²) < 4.78 is 10.6. The highest BCUT2D eigenvalue weighted by Gasteiger charge is 2.18. The maximum Gasteiger partial charge on any atom is 0.255 e. The van der Waals surface area contributed by atoms with Crippen molar-refractivity contribution in [3.63, 3.8) is 0 Å². The molecule has 3 rings (SSSR count). The van der Waals surface area contributed by atoms with Crippen LogP contribution >= 0.6 is 0 Å². The molecule has 0 bridgehead atoms. The molecule has 0 aliphatic carbocycles. The first-order chi connectivity index (χ1) is 13.1. The number of benzene rings is 3. The van der Waals surface area contributed by atoms with Crippen molar-refractivity contribution in [2.75, 3.05) is 14.2 Å². The van der Waals surface area contributed by atoms with Crippen LogP contribution in [0, 0.1) is 0 Å². The highest BCUT2D eigenvalue weighted by Crippen LogP contribution is 2.31. The largest absolute Gasteiger partial charge is 0.493 e. The van der Waals surface area contributed by atoms with Gasteiger partial charge in [0.25, 0.3) is 5.91 Å². The molecule has 0 aliphatic heterocycles. The van der Waals surface area contributed by atoms with Crippen LogP contribution in [-0.4, -0.2) is 20.1 Å². The third-order valence-corrected chi connectivity index (χ3v) is 4.51. The van der Waals surface area contributed by atoms with Gasteiger partial charge in [0, 0.05) is 0 Å². The van der Waals surface area contributed by atoms with E-state index < -0.39 is 0 Å². The average molecular weight is 361 g/mol. The monoisotopic (exact) mass is 361 g/mol. The van der Waals surface area contributed by atoms with Crippen molar-refractivity contribution < 1.29 is 14.3 Å². The molecule has 4 nitrogen and oxygen atoms in total. The Kier molecular flexibility index (Phi) is 5.77. The molecule has 0 spiro atoms. The topological polar surface area (TPSA) is 47.6 Å². The maximum atomic E-state index is 12.7. The molecule has 0 heterocycles. The molecule has 0 saturated carbocycles.